The summed E-state index contributed by atoms with van der Waals surface area (Å²) in [6.07, 6.45) is 0. The molecule has 3 rings (SSSR count). The lowest BCUT2D eigenvalue weighted by Crippen LogP contribution is -2.26. The quantitative estimate of drug-likeness (QED) is 0.785. The first kappa shape index (κ1) is 16.5. The van der Waals surface area contributed by atoms with Crippen molar-refractivity contribution < 1.29 is 8.42 Å². The molecule has 1 N–H and O–H groups in total. The van der Waals surface area contributed by atoms with Gasteiger partial charge in [0, 0.05) is 20.1 Å². The molecule has 0 aliphatic carbocycles. The molecule has 0 aliphatic rings. The van der Waals surface area contributed by atoms with Crippen LogP contribution in [0.1, 0.15) is 18.5 Å². The standard InChI is InChI=1S/C17H19N3O3S/c1-12(13-7-5-4-6-8-13)18-24(22,23)14-9-10-15-16(11-14)20(3)17(21)19(15)2/h4-12,18H,1-3H3. The van der Waals surface area contributed by atoms with Gasteiger partial charge in [0.25, 0.3) is 0 Å². The van der Waals surface area contributed by atoms with Gasteiger partial charge in [-0.3, -0.25) is 9.13 Å². The van der Waals surface area contributed by atoms with Crippen LogP contribution in [0.25, 0.3) is 11.0 Å². The first-order valence-electron chi connectivity index (χ1n) is 7.54. The van der Waals surface area contributed by atoms with Gasteiger partial charge in [-0.1, -0.05) is 30.3 Å². The molecule has 0 fully saturated rings. The Balaban J connectivity index is 1.99. The lowest BCUT2D eigenvalue weighted by atomic mass is 10.1. The van der Waals surface area contributed by atoms with E-state index in [1.54, 1.807) is 27.1 Å². The van der Waals surface area contributed by atoms with Crippen LogP contribution in [-0.2, 0) is 24.1 Å². The summed E-state index contributed by atoms with van der Waals surface area (Å²) in [7, 11) is -0.407. The highest BCUT2D eigenvalue weighted by molar-refractivity contribution is 7.89. The fourth-order valence-electron chi connectivity index (χ4n) is 2.76. The minimum absolute atomic E-state index is 0.138. The van der Waals surface area contributed by atoms with E-state index in [-0.39, 0.29) is 16.6 Å². The summed E-state index contributed by atoms with van der Waals surface area (Å²) in [6.45, 7) is 1.80. The average Bonchev–Trinajstić information content (AvgIpc) is 2.79. The molecule has 2 aromatic carbocycles. The van der Waals surface area contributed by atoms with Crippen LogP contribution in [0.5, 0.6) is 0 Å². The highest BCUT2D eigenvalue weighted by atomic mass is 32.2. The third-order valence-corrected chi connectivity index (χ3v) is 5.72. The fourth-order valence-corrected chi connectivity index (χ4v) is 4.02. The number of nitrogens with one attached hydrogen (secondary N) is 1. The predicted octanol–water partition coefficient (Wildman–Crippen LogP) is 1.92. The van der Waals surface area contributed by atoms with Crippen molar-refractivity contribution in [1.82, 2.24) is 13.9 Å². The van der Waals surface area contributed by atoms with Gasteiger partial charge in [-0.2, -0.15) is 0 Å². The van der Waals surface area contributed by atoms with E-state index >= 15 is 0 Å². The molecule has 1 unspecified atom stereocenters. The molecule has 3 aromatic rings. The van der Waals surface area contributed by atoms with Crippen LogP contribution in [0.2, 0.25) is 0 Å². The molecule has 0 spiro atoms. The first-order chi connectivity index (χ1) is 11.3. The van der Waals surface area contributed by atoms with Crippen molar-refractivity contribution in [2.24, 2.45) is 14.1 Å². The number of imidazole rings is 1. The number of sulfonamides is 1. The number of fused-ring (bicyclic) bond motifs is 1. The number of aryl methyl sites for hydroxylation is 2. The van der Waals surface area contributed by atoms with Crippen LogP contribution in [0.4, 0.5) is 0 Å². The van der Waals surface area contributed by atoms with E-state index in [9.17, 15) is 13.2 Å². The second kappa shape index (κ2) is 5.92. The van der Waals surface area contributed by atoms with Gasteiger partial charge in [0.1, 0.15) is 0 Å². The third-order valence-electron chi connectivity index (χ3n) is 4.19. The number of aromatic nitrogens is 2. The van der Waals surface area contributed by atoms with Crippen molar-refractivity contribution in [2.75, 3.05) is 0 Å². The van der Waals surface area contributed by atoms with Gasteiger partial charge in [0.2, 0.25) is 10.0 Å². The van der Waals surface area contributed by atoms with Crippen molar-refractivity contribution in [2.45, 2.75) is 17.9 Å². The van der Waals surface area contributed by atoms with Crippen molar-refractivity contribution in [1.29, 1.82) is 0 Å². The number of rotatable bonds is 4. The zero-order valence-electron chi connectivity index (χ0n) is 13.7. The average molecular weight is 345 g/mol. The minimum Gasteiger partial charge on any atom is -0.295 e. The summed E-state index contributed by atoms with van der Waals surface area (Å²) in [6, 6.07) is 13.7. The normalized spacial score (nSPS) is 13.3. The number of hydrogen-bond donors (Lipinski definition) is 1. The van der Waals surface area contributed by atoms with Crippen molar-refractivity contribution >= 4 is 21.1 Å². The summed E-state index contributed by atoms with van der Waals surface area (Å²) in [5.74, 6) is 0. The SMILES string of the molecule is CC(NS(=O)(=O)c1ccc2c(c1)n(C)c(=O)n2C)c1ccccc1. The molecule has 0 saturated carbocycles. The second-order valence-electron chi connectivity index (χ2n) is 5.80. The van der Waals surface area contributed by atoms with Crippen molar-refractivity contribution in [3.8, 4) is 0 Å². The summed E-state index contributed by atoms with van der Waals surface area (Å²) in [4.78, 5) is 12.1. The van der Waals surface area contributed by atoms with Crippen LogP contribution >= 0.6 is 0 Å². The van der Waals surface area contributed by atoms with E-state index in [2.05, 4.69) is 4.72 Å². The number of benzene rings is 2. The van der Waals surface area contributed by atoms with Gasteiger partial charge in [0.15, 0.2) is 0 Å². The van der Waals surface area contributed by atoms with Gasteiger partial charge in [-0.05, 0) is 30.7 Å². The molecular formula is C17H19N3O3S. The molecule has 0 saturated heterocycles. The summed E-state index contributed by atoms with van der Waals surface area (Å²) < 4.78 is 30.9. The Hall–Kier alpha value is -2.38. The topological polar surface area (TPSA) is 73.1 Å². The largest absolute Gasteiger partial charge is 0.328 e. The molecule has 6 nitrogen and oxygen atoms in total. The van der Waals surface area contributed by atoms with Gasteiger partial charge in [-0.25, -0.2) is 17.9 Å². The Morgan fingerprint density at radius 2 is 1.58 bits per heavy atom. The van der Waals surface area contributed by atoms with E-state index in [4.69, 9.17) is 0 Å². The lowest BCUT2D eigenvalue weighted by Gasteiger charge is -2.14. The molecule has 0 aliphatic heterocycles. The minimum atomic E-state index is -3.69. The van der Waals surface area contributed by atoms with E-state index in [0.717, 1.165) is 5.56 Å². The molecule has 24 heavy (non-hydrogen) atoms. The van der Waals surface area contributed by atoms with Crippen LogP contribution in [0.3, 0.4) is 0 Å². The smallest absolute Gasteiger partial charge is 0.295 e. The maximum Gasteiger partial charge on any atom is 0.328 e. The van der Waals surface area contributed by atoms with Gasteiger partial charge >= 0.3 is 5.69 Å². The van der Waals surface area contributed by atoms with E-state index < -0.39 is 10.0 Å². The lowest BCUT2D eigenvalue weighted by molar-refractivity contribution is 0.567. The summed E-state index contributed by atoms with van der Waals surface area (Å²) in [5, 5.41) is 0. The fraction of sp³-hybridized carbons (Fsp3) is 0.235. The van der Waals surface area contributed by atoms with Crippen LogP contribution < -0.4 is 10.4 Å². The van der Waals surface area contributed by atoms with Crippen molar-refractivity contribution in [3.05, 3.63) is 64.6 Å². The van der Waals surface area contributed by atoms with Crippen LogP contribution in [-0.4, -0.2) is 17.6 Å². The monoisotopic (exact) mass is 345 g/mol. The Morgan fingerprint density at radius 1 is 0.958 bits per heavy atom. The Labute approximate surface area is 140 Å². The number of hydrogen-bond acceptors (Lipinski definition) is 3. The van der Waals surface area contributed by atoms with Gasteiger partial charge in [-0.15, -0.1) is 0 Å². The van der Waals surface area contributed by atoms with E-state index in [1.807, 2.05) is 30.3 Å². The Morgan fingerprint density at radius 3 is 2.25 bits per heavy atom. The van der Waals surface area contributed by atoms with Crippen LogP contribution in [0.15, 0.2) is 58.2 Å². The van der Waals surface area contributed by atoms with Gasteiger partial charge in [0.05, 0.1) is 15.9 Å². The molecule has 1 heterocycles. The molecule has 126 valence electrons. The molecule has 7 heteroatoms. The Bertz CT molecular complexity index is 1050. The van der Waals surface area contributed by atoms with Crippen molar-refractivity contribution in [3.63, 3.8) is 0 Å². The first-order valence-corrected chi connectivity index (χ1v) is 9.02. The van der Waals surface area contributed by atoms with Crippen LogP contribution in [0, 0.1) is 0 Å². The molecule has 0 amide bonds. The highest BCUT2D eigenvalue weighted by Gasteiger charge is 2.20. The second-order valence-corrected chi connectivity index (χ2v) is 7.52. The molecular weight excluding hydrogens is 326 g/mol. The predicted molar refractivity (Wildman–Crippen MR) is 93.3 cm³/mol. The zero-order valence-corrected chi connectivity index (χ0v) is 14.5. The van der Waals surface area contributed by atoms with E-state index in [1.165, 1.54) is 21.3 Å². The van der Waals surface area contributed by atoms with Gasteiger partial charge < -0.3 is 0 Å². The summed E-state index contributed by atoms with van der Waals surface area (Å²) >= 11 is 0. The Kier molecular flexibility index (Phi) is 4.06. The third kappa shape index (κ3) is 2.76. The highest BCUT2D eigenvalue weighted by Crippen LogP contribution is 2.20. The molecule has 0 radical (unpaired) electrons. The molecule has 1 aromatic heterocycles. The number of nitrogens with zero attached hydrogens (tertiary/aromatic N) is 2. The maximum atomic E-state index is 12.7. The zero-order chi connectivity index (χ0) is 17.5. The molecule has 0 bridgehead atoms. The van der Waals surface area contributed by atoms with E-state index in [0.29, 0.717) is 11.0 Å². The summed E-state index contributed by atoms with van der Waals surface area (Å²) in [5.41, 5.74) is 1.97. The maximum absolute atomic E-state index is 12.7. The molecule has 1 atom stereocenters.